The SMILES string of the molecule is CCOCCOc1ccc2c(c1)C1C=CCC1C(c1cccc([N+](=O)[O-])c1)N2. The van der Waals surface area contributed by atoms with Gasteiger partial charge in [0.15, 0.2) is 0 Å². The van der Waals surface area contributed by atoms with Gasteiger partial charge in [-0.05, 0) is 48.6 Å². The number of ether oxygens (including phenoxy) is 2. The Morgan fingerprint density at radius 3 is 2.93 bits per heavy atom. The molecule has 0 amide bonds. The van der Waals surface area contributed by atoms with Crippen LogP contribution in [0.5, 0.6) is 5.75 Å². The highest BCUT2D eigenvalue weighted by Crippen LogP contribution is 2.50. The summed E-state index contributed by atoms with van der Waals surface area (Å²) in [6.45, 7) is 3.76. The van der Waals surface area contributed by atoms with Crippen LogP contribution in [-0.2, 0) is 4.74 Å². The van der Waals surface area contributed by atoms with E-state index >= 15 is 0 Å². The largest absolute Gasteiger partial charge is 0.491 e. The van der Waals surface area contributed by atoms with E-state index < -0.39 is 0 Å². The average Bonchev–Trinajstić information content (AvgIpc) is 3.21. The summed E-state index contributed by atoms with van der Waals surface area (Å²) in [5.74, 6) is 1.44. The predicted molar refractivity (Wildman–Crippen MR) is 108 cm³/mol. The molecular weight excluding hydrogens is 356 g/mol. The second kappa shape index (κ2) is 8.02. The van der Waals surface area contributed by atoms with E-state index in [4.69, 9.17) is 9.47 Å². The number of anilines is 1. The van der Waals surface area contributed by atoms with E-state index in [2.05, 4.69) is 23.5 Å². The molecule has 28 heavy (non-hydrogen) atoms. The number of nitro benzene ring substituents is 1. The maximum Gasteiger partial charge on any atom is 0.269 e. The second-order valence-corrected chi connectivity index (χ2v) is 7.12. The van der Waals surface area contributed by atoms with Gasteiger partial charge in [0, 0.05) is 30.3 Å². The molecular formula is C22H24N2O4. The van der Waals surface area contributed by atoms with Gasteiger partial charge in [0.05, 0.1) is 17.6 Å². The van der Waals surface area contributed by atoms with Gasteiger partial charge in [0.25, 0.3) is 5.69 Å². The summed E-state index contributed by atoms with van der Waals surface area (Å²) in [4.78, 5) is 10.8. The summed E-state index contributed by atoms with van der Waals surface area (Å²) < 4.78 is 11.2. The first-order chi connectivity index (χ1) is 13.7. The smallest absolute Gasteiger partial charge is 0.269 e. The molecule has 3 unspecified atom stereocenters. The fraction of sp³-hybridized carbons (Fsp3) is 0.364. The first-order valence-corrected chi connectivity index (χ1v) is 9.69. The Labute approximate surface area is 164 Å². The van der Waals surface area contributed by atoms with Gasteiger partial charge in [0.2, 0.25) is 0 Å². The zero-order valence-corrected chi connectivity index (χ0v) is 15.8. The van der Waals surface area contributed by atoms with E-state index in [9.17, 15) is 10.1 Å². The minimum atomic E-state index is -0.337. The zero-order valence-electron chi connectivity index (χ0n) is 15.8. The molecule has 1 N–H and O–H groups in total. The molecule has 1 aliphatic carbocycles. The molecule has 2 aromatic rings. The van der Waals surface area contributed by atoms with Crippen LogP contribution in [0, 0.1) is 16.0 Å². The molecule has 4 rings (SSSR count). The normalized spacial score (nSPS) is 22.2. The van der Waals surface area contributed by atoms with Crippen molar-refractivity contribution in [3.8, 4) is 5.75 Å². The first-order valence-electron chi connectivity index (χ1n) is 9.69. The lowest BCUT2D eigenvalue weighted by atomic mass is 9.77. The van der Waals surface area contributed by atoms with Crippen LogP contribution >= 0.6 is 0 Å². The second-order valence-electron chi connectivity index (χ2n) is 7.12. The fourth-order valence-electron chi connectivity index (χ4n) is 4.19. The summed E-state index contributed by atoms with van der Waals surface area (Å²) in [6, 6.07) is 13.1. The van der Waals surface area contributed by atoms with Crippen LogP contribution in [0.1, 0.15) is 36.4 Å². The molecule has 2 aliphatic rings. The summed E-state index contributed by atoms with van der Waals surface area (Å²) in [6.07, 6.45) is 5.40. The Hall–Kier alpha value is -2.86. The third-order valence-electron chi connectivity index (χ3n) is 5.47. The van der Waals surface area contributed by atoms with Crippen molar-refractivity contribution in [2.24, 2.45) is 5.92 Å². The lowest BCUT2D eigenvalue weighted by Crippen LogP contribution is -2.29. The highest BCUT2D eigenvalue weighted by atomic mass is 16.6. The van der Waals surface area contributed by atoms with Crippen LogP contribution in [0.4, 0.5) is 11.4 Å². The summed E-state index contributed by atoms with van der Waals surface area (Å²) >= 11 is 0. The van der Waals surface area contributed by atoms with E-state index in [0.29, 0.717) is 25.7 Å². The average molecular weight is 380 g/mol. The Balaban J connectivity index is 1.59. The van der Waals surface area contributed by atoms with E-state index in [1.807, 2.05) is 25.1 Å². The van der Waals surface area contributed by atoms with Crippen molar-refractivity contribution in [1.82, 2.24) is 0 Å². The van der Waals surface area contributed by atoms with Crippen LogP contribution in [0.3, 0.4) is 0 Å². The van der Waals surface area contributed by atoms with Crippen molar-refractivity contribution in [2.75, 3.05) is 25.1 Å². The quantitative estimate of drug-likeness (QED) is 0.322. The molecule has 0 bridgehead atoms. The molecule has 0 fully saturated rings. The molecule has 1 aliphatic heterocycles. The first kappa shape index (κ1) is 18.5. The molecule has 0 radical (unpaired) electrons. The van der Waals surface area contributed by atoms with Gasteiger partial charge < -0.3 is 14.8 Å². The third kappa shape index (κ3) is 3.60. The van der Waals surface area contributed by atoms with Gasteiger partial charge in [-0.1, -0.05) is 24.3 Å². The molecule has 1 heterocycles. The van der Waals surface area contributed by atoms with E-state index in [-0.39, 0.29) is 22.6 Å². The topological polar surface area (TPSA) is 73.6 Å². The maximum atomic E-state index is 11.2. The lowest BCUT2D eigenvalue weighted by molar-refractivity contribution is -0.384. The number of rotatable bonds is 7. The highest BCUT2D eigenvalue weighted by Gasteiger charge is 2.38. The summed E-state index contributed by atoms with van der Waals surface area (Å²) in [5.41, 5.74) is 3.36. The van der Waals surface area contributed by atoms with E-state index in [1.165, 1.54) is 11.6 Å². The van der Waals surface area contributed by atoms with Gasteiger partial charge in [-0.2, -0.15) is 0 Å². The van der Waals surface area contributed by atoms with Crippen molar-refractivity contribution < 1.29 is 14.4 Å². The van der Waals surface area contributed by atoms with Crippen LogP contribution in [0.2, 0.25) is 0 Å². The number of nitrogens with zero attached hydrogens (tertiary/aromatic N) is 1. The molecule has 2 aromatic carbocycles. The molecule has 0 spiro atoms. The Bertz CT molecular complexity index is 896. The van der Waals surface area contributed by atoms with Crippen LogP contribution in [-0.4, -0.2) is 24.7 Å². The lowest BCUT2D eigenvalue weighted by Gasteiger charge is -2.37. The van der Waals surface area contributed by atoms with Gasteiger partial charge >= 0.3 is 0 Å². The Morgan fingerprint density at radius 2 is 2.11 bits per heavy atom. The van der Waals surface area contributed by atoms with E-state index in [1.54, 1.807) is 12.1 Å². The van der Waals surface area contributed by atoms with Crippen molar-refractivity contribution in [3.63, 3.8) is 0 Å². The number of non-ortho nitro benzene ring substituents is 1. The van der Waals surface area contributed by atoms with Crippen molar-refractivity contribution >= 4 is 11.4 Å². The maximum absolute atomic E-state index is 11.2. The predicted octanol–water partition coefficient (Wildman–Crippen LogP) is 4.84. The fourth-order valence-corrected chi connectivity index (χ4v) is 4.19. The molecule has 6 nitrogen and oxygen atoms in total. The monoisotopic (exact) mass is 380 g/mol. The standard InChI is InChI=1S/C22H24N2O4/c1-2-27-11-12-28-17-9-10-21-20(14-17)18-7-4-8-19(18)22(23-21)15-5-3-6-16(13-15)24(25)26/h3-7,9-10,13-14,18-19,22-23H,2,8,11-12H2,1H3. The third-order valence-corrected chi connectivity index (χ3v) is 5.47. The number of benzene rings is 2. The molecule has 6 heteroatoms. The number of nitro groups is 1. The summed E-state index contributed by atoms with van der Waals surface area (Å²) in [7, 11) is 0. The van der Waals surface area contributed by atoms with Crippen LogP contribution in [0.15, 0.2) is 54.6 Å². The van der Waals surface area contributed by atoms with Gasteiger partial charge in [-0.15, -0.1) is 0 Å². The zero-order chi connectivity index (χ0) is 19.5. The number of nitrogens with one attached hydrogen (secondary N) is 1. The van der Waals surface area contributed by atoms with Gasteiger partial charge in [-0.25, -0.2) is 0 Å². The molecule has 3 atom stereocenters. The number of allylic oxidation sites excluding steroid dienone is 2. The van der Waals surface area contributed by atoms with E-state index in [0.717, 1.165) is 23.4 Å². The van der Waals surface area contributed by atoms with Crippen LogP contribution < -0.4 is 10.1 Å². The molecule has 0 saturated heterocycles. The van der Waals surface area contributed by atoms with Crippen LogP contribution in [0.25, 0.3) is 0 Å². The van der Waals surface area contributed by atoms with Gasteiger partial charge in [0.1, 0.15) is 12.4 Å². The Morgan fingerprint density at radius 1 is 1.21 bits per heavy atom. The van der Waals surface area contributed by atoms with Gasteiger partial charge in [-0.3, -0.25) is 10.1 Å². The highest BCUT2D eigenvalue weighted by molar-refractivity contribution is 5.62. The number of hydrogen-bond donors (Lipinski definition) is 1. The minimum Gasteiger partial charge on any atom is -0.491 e. The van der Waals surface area contributed by atoms with Crippen molar-refractivity contribution in [3.05, 3.63) is 75.9 Å². The summed E-state index contributed by atoms with van der Waals surface area (Å²) in [5, 5.41) is 14.8. The molecule has 0 saturated carbocycles. The molecule has 0 aromatic heterocycles. The van der Waals surface area contributed by atoms with Crippen molar-refractivity contribution in [1.29, 1.82) is 0 Å². The Kier molecular flexibility index (Phi) is 5.30. The minimum absolute atomic E-state index is 0.0390. The van der Waals surface area contributed by atoms with Crippen molar-refractivity contribution in [2.45, 2.75) is 25.3 Å². The molecule has 146 valence electrons. The number of hydrogen-bond acceptors (Lipinski definition) is 5. The number of fused-ring (bicyclic) bond motifs is 3.